The number of anilines is 1. The smallest absolute Gasteiger partial charge is 0.255 e. The zero-order chi connectivity index (χ0) is 23.6. The third-order valence-electron chi connectivity index (χ3n) is 5.66. The lowest BCUT2D eigenvalue weighted by molar-refractivity contribution is 0.0730. The minimum absolute atomic E-state index is 0.195. The summed E-state index contributed by atoms with van der Waals surface area (Å²) in [5.74, 6) is -0.302. The van der Waals surface area contributed by atoms with Crippen molar-refractivity contribution in [2.45, 2.75) is 32.2 Å². The number of nitrogens with zero attached hydrogens (tertiary/aromatic N) is 3. The lowest BCUT2D eigenvalue weighted by Gasteiger charge is -2.26. The first-order valence-electron chi connectivity index (χ1n) is 10.8. The van der Waals surface area contributed by atoms with E-state index in [4.69, 9.17) is 4.74 Å². The first-order chi connectivity index (χ1) is 15.7. The molecule has 0 aliphatic carbocycles. The SMILES string of the molecule is Cc1cc(C)n(Cc2cccc(C(=O)Nc3ccc(C)c(S(=O)(=O)N4CCOCC4)c3)c2)n1. The summed E-state index contributed by atoms with van der Waals surface area (Å²) >= 11 is 0. The van der Waals surface area contributed by atoms with Gasteiger partial charge in [-0.25, -0.2) is 8.42 Å². The summed E-state index contributed by atoms with van der Waals surface area (Å²) in [6.07, 6.45) is 0. The number of amides is 1. The van der Waals surface area contributed by atoms with Gasteiger partial charge in [0.15, 0.2) is 0 Å². The van der Waals surface area contributed by atoms with Gasteiger partial charge < -0.3 is 10.1 Å². The molecule has 33 heavy (non-hydrogen) atoms. The quantitative estimate of drug-likeness (QED) is 0.600. The van der Waals surface area contributed by atoms with E-state index in [0.29, 0.717) is 49.7 Å². The minimum atomic E-state index is -3.67. The van der Waals surface area contributed by atoms with Crippen molar-refractivity contribution < 1.29 is 17.9 Å². The van der Waals surface area contributed by atoms with Crippen molar-refractivity contribution in [2.75, 3.05) is 31.6 Å². The molecule has 0 unspecified atom stereocenters. The van der Waals surface area contributed by atoms with Gasteiger partial charge in [-0.2, -0.15) is 9.40 Å². The van der Waals surface area contributed by atoms with Crippen molar-refractivity contribution in [3.8, 4) is 0 Å². The second-order valence-corrected chi connectivity index (χ2v) is 10.1. The molecule has 1 fully saturated rings. The molecule has 1 N–H and O–H groups in total. The van der Waals surface area contributed by atoms with Crippen LogP contribution >= 0.6 is 0 Å². The highest BCUT2D eigenvalue weighted by Crippen LogP contribution is 2.25. The highest BCUT2D eigenvalue weighted by molar-refractivity contribution is 7.89. The lowest BCUT2D eigenvalue weighted by atomic mass is 10.1. The van der Waals surface area contributed by atoms with Gasteiger partial charge in [0.05, 0.1) is 30.3 Å². The van der Waals surface area contributed by atoms with E-state index in [2.05, 4.69) is 10.4 Å². The number of ether oxygens (including phenoxy) is 1. The Kier molecular flexibility index (Phi) is 6.64. The Balaban J connectivity index is 1.53. The largest absolute Gasteiger partial charge is 0.379 e. The Morgan fingerprint density at radius 3 is 2.52 bits per heavy atom. The molecule has 0 saturated carbocycles. The van der Waals surface area contributed by atoms with Gasteiger partial charge in [-0.05, 0) is 62.2 Å². The summed E-state index contributed by atoms with van der Waals surface area (Å²) in [4.78, 5) is 13.1. The number of carbonyl (C=O) groups excluding carboxylic acids is 1. The number of benzene rings is 2. The van der Waals surface area contributed by atoms with E-state index in [1.165, 1.54) is 10.4 Å². The van der Waals surface area contributed by atoms with E-state index >= 15 is 0 Å². The van der Waals surface area contributed by atoms with Crippen LogP contribution in [0.4, 0.5) is 5.69 Å². The number of sulfonamides is 1. The standard InChI is InChI=1S/C24H28N4O4S/c1-17-7-8-22(15-23(17)33(30,31)27-9-11-32-12-10-27)25-24(29)21-6-4-5-20(14-21)16-28-19(3)13-18(2)26-28/h4-8,13-15H,9-12,16H2,1-3H3,(H,25,29). The van der Waals surface area contributed by atoms with Crippen LogP contribution in [0.3, 0.4) is 0 Å². The lowest BCUT2D eigenvalue weighted by Crippen LogP contribution is -2.40. The Morgan fingerprint density at radius 1 is 1.06 bits per heavy atom. The molecular weight excluding hydrogens is 440 g/mol. The zero-order valence-corrected chi connectivity index (χ0v) is 19.9. The highest BCUT2D eigenvalue weighted by atomic mass is 32.2. The second-order valence-electron chi connectivity index (χ2n) is 8.24. The van der Waals surface area contributed by atoms with Crippen molar-refractivity contribution in [2.24, 2.45) is 0 Å². The Bertz CT molecular complexity index is 1280. The summed E-state index contributed by atoms with van der Waals surface area (Å²) in [6, 6.07) is 14.3. The fourth-order valence-electron chi connectivity index (χ4n) is 3.90. The van der Waals surface area contributed by atoms with Crippen molar-refractivity contribution >= 4 is 21.6 Å². The molecular formula is C24H28N4O4S. The van der Waals surface area contributed by atoms with Gasteiger partial charge in [-0.3, -0.25) is 9.48 Å². The van der Waals surface area contributed by atoms with Crippen molar-refractivity contribution in [3.05, 3.63) is 76.6 Å². The average molecular weight is 469 g/mol. The van der Waals surface area contributed by atoms with Crippen LogP contribution in [0.1, 0.15) is 32.9 Å². The first kappa shape index (κ1) is 23.2. The third kappa shape index (κ3) is 5.16. The summed E-state index contributed by atoms with van der Waals surface area (Å²) in [5.41, 5.74) is 4.51. The number of rotatable bonds is 6. The number of carbonyl (C=O) groups is 1. The van der Waals surface area contributed by atoms with Gasteiger partial charge in [-0.15, -0.1) is 0 Å². The van der Waals surface area contributed by atoms with Gasteiger partial charge in [0.25, 0.3) is 5.91 Å². The molecule has 1 aliphatic heterocycles. The number of aryl methyl sites for hydroxylation is 3. The molecule has 0 bridgehead atoms. The van der Waals surface area contributed by atoms with Gasteiger partial charge in [0, 0.05) is 30.0 Å². The number of hydrogen-bond donors (Lipinski definition) is 1. The van der Waals surface area contributed by atoms with Crippen LogP contribution in [-0.4, -0.2) is 54.7 Å². The van der Waals surface area contributed by atoms with Crippen LogP contribution in [0.25, 0.3) is 0 Å². The Hall–Kier alpha value is -3.01. The molecule has 4 rings (SSSR count). The second kappa shape index (κ2) is 9.46. The minimum Gasteiger partial charge on any atom is -0.379 e. The Morgan fingerprint density at radius 2 is 1.82 bits per heavy atom. The number of aromatic nitrogens is 2. The van der Waals surface area contributed by atoms with Crippen LogP contribution in [0.2, 0.25) is 0 Å². The maximum Gasteiger partial charge on any atom is 0.255 e. The molecule has 0 spiro atoms. The maximum absolute atomic E-state index is 13.1. The highest BCUT2D eigenvalue weighted by Gasteiger charge is 2.28. The van der Waals surface area contributed by atoms with Crippen LogP contribution in [0.5, 0.6) is 0 Å². The summed E-state index contributed by atoms with van der Waals surface area (Å²) in [5, 5.41) is 7.31. The van der Waals surface area contributed by atoms with Crippen molar-refractivity contribution in [1.29, 1.82) is 0 Å². The maximum atomic E-state index is 13.1. The van der Waals surface area contributed by atoms with Gasteiger partial charge >= 0.3 is 0 Å². The molecule has 2 aromatic carbocycles. The third-order valence-corrected chi connectivity index (χ3v) is 7.70. The predicted octanol–water partition coefficient (Wildman–Crippen LogP) is 3.13. The normalized spacial score (nSPS) is 14.9. The molecule has 3 aromatic rings. The predicted molar refractivity (Wildman–Crippen MR) is 126 cm³/mol. The molecule has 174 valence electrons. The van der Waals surface area contributed by atoms with E-state index in [9.17, 15) is 13.2 Å². The average Bonchev–Trinajstić information content (AvgIpc) is 3.12. The van der Waals surface area contributed by atoms with Crippen LogP contribution in [-0.2, 0) is 21.3 Å². The molecule has 2 heterocycles. The van der Waals surface area contributed by atoms with E-state index in [1.54, 1.807) is 25.1 Å². The van der Waals surface area contributed by atoms with Crippen LogP contribution < -0.4 is 5.32 Å². The molecule has 8 nitrogen and oxygen atoms in total. The molecule has 1 amide bonds. The van der Waals surface area contributed by atoms with Crippen molar-refractivity contribution in [1.82, 2.24) is 14.1 Å². The fraction of sp³-hybridized carbons (Fsp3) is 0.333. The number of nitrogens with one attached hydrogen (secondary N) is 1. The monoisotopic (exact) mass is 468 g/mol. The van der Waals surface area contributed by atoms with E-state index in [0.717, 1.165) is 17.0 Å². The summed E-state index contributed by atoms with van der Waals surface area (Å²) < 4.78 is 34.8. The van der Waals surface area contributed by atoms with E-state index in [-0.39, 0.29) is 10.8 Å². The summed E-state index contributed by atoms with van der Waals surface area (Å²) in [7, 11) is -3.67. The molecule has 1 saturated heterocycles. The van der Waals surface area contributed by atoms with Gasteiger partial charge in [0.2, 0.25) is 10.0 Å². The van der Waals surface area contributed by atoms with Crippen molar-refractivity contribution in [3.63, 3.8) is 0 Å². The first-order valence-corrected chi connectivity index (χ1v) is 12.3. The molecule has 1 aliphatic rings. The Labute approximate surface area is 194 Å². The van der Waals surface area contributed by atoms with Crippen LogP contribution in [0, 0.1) is 20.8 Å². The molecule has 9 heteroatoms. The fourth-order valence-corrected chi connectivity index (χ4v) is 5.56. The topological polar surface area (TPSA) is 93.5 Å². The molecule has 0 radical (unpaired) electrons. The molecule has 1 aromatic heterocycles. The number of hydrogen-bond acceptors (Lipinski definition) is 5. The van der Waals surface area contributed by atoms with E-state index in [1.807, 2.05) is 42.8 Å². The zero-order valence-electron chi connectivity index (χ0n) is 19.0. The van der Waals surface area contributed by atoms with E-state index < -0.39 is 10.0 Å². The number of morpholine rings is 1. The van der Waals surface area contributed by atoms with Crippen LogP contribution in [0.15, 0.2) is 53.4 Å². The molecule has 0 atom stereocenters. The summed E-state index contributed by atoms with van der Waals surface area (Å²) in [6.45, 7) is 7.65. The van der Waals surface area contributed by atoms with Gasteiger partial charge in [0.1, 0.15) is 0 Å². The van der Waals surface area contributed by atoms with Gasteiger partial charge in [-0.1, -0.05) is 18.2 Å².